The smallest absolute Gasteiger partial charge is 0.464 e. The van der Waals surface area contributed by atoms with Crippen molar-refractivity contribution in [3.63, 3.8) is 0 Å². The molecule has 0 bridgehead atoms. The lowest BCUT2D eigenvalue weighted by molar-refractivity contribution is -0.274. The van der Waals surface area contributed by atoms with Gasteiger partial charge in [-0.05, 0) is 29.8 Å². The van der Waals surface area contributed by atoms with Gasteiger partial charge in [-0.3, -0.25) is 4.68 Å². The van der Waals surface area contributed by atoms with E-state index in [9.17, 15) is 22.4 Å². The first-order chi connectivity index (χ1) is 12.7. The second kappa shape index (κ2) is 7.07. The molecule has 0 aliphatic rings. The average molecular weight is 403 g/mol. The Hall–Kier alpha value is -2.81. The SMILES string of the molecule is COC(=O)c1nn(Cc2ccc(F)cc2Cl)c2cc(OC(F)(F)F)ccc12. The molecule has 3 aromatic rings. The van der Waals surface area contributed by atoms with Gasteiger partial charge in [-0.15, -0.1) is 13.2 Å². The maximum Gasteiger partial charge on any atom is 0.573 e. The Balaban J connectivity index is 2.11. The van der Waals surface area contributed by atoms with Crippen molar-refractivity contribution in [2.75, 3.05) is 7.11 Å². The molecule has 3 rings (SSSR count). The van der Waals surface area contributed by atoms with Gasteiger partial charge in [-0.2, -0.15) is 5.10 Å². The molecule has 27 heavy (non-hydrogen) atoms. The normalized spacial score (nSPS) is 11.6. The van der Waals surface area contributed by atoms with Crippen molar-refractivity contribution in [3.8, 4) is 5.75 Å². The lowest BCUT2D eigenvalue weighted by Crippen LogP contribution is -2.17. The predicted octanol–water partition coefficient (Wildman–Crippen LogP) is 4.56. The monoisotopic (exact) mass is 402 g/mol. The topological polar surface area (TPSA) is 53.3 Å². The third-order valence-electron chi connectivity index (χ3n) is 3.67. The van der Waals surface area contributed by atoms with Crippen LogP contribution in [0.1, 0.15) is 16.1 Å². The quantitative estimate of drug-likeness (QED) is 0.474. The number of carbonyl (C=O) groups is 1. The molecule has 142 valence electrons. The summed E-state index contributed by atoms with van der Waals surface area (Å²) in [5.41, 5.74) is 0.572. The first kappa shape index (κ1) is 19.0. The van der Waals surface area contributed by atoms with Crippen molar-refractivity contribution in [3.05, 3.63) is 58.5 Å². The van der Waals surface area contributed by atoms with Crippen LogP contribution in [0.5, 0.6) is 5.75 Å². The Morgan fingerprint density at radius 2 is 1.96 bits per heavy atom. The van der Waals surface area contributed by atoms with Gasteiger partial charge in [-0.1, -0.05) is 17.7 Å². The van der Waals surface area contributed by atoms with Crippen LogP contribution in [0.3, 0.4) is 0 Å². The molecule has 10 heteroatoms. The largest absolute Gasteiger partial charge is 0.573 e. The van der Waals surface area contributed by atoms with Gasteiger partial charge in [-0.25, -0.2) is 9.18 Å². The molecule has 0 saturated heterocycles. The predicted molar refractivity (Wildman–Crippen MR) is 88.3 cm³/mol. The van der Waals surface area contributed by atoms with E-state index in [-0.39, 0.29) is 28.2 Å². The zero-order valence-electron chi connectivity index (χ0n) is 13.7. The number of fused-ring (bicyclic) bond motifs is 1. The van der Waals surface area contributed by atoms with Crippen molar-refractivity contribution in [2.24, 2.45) is 0 Å². The zero-order chi connectivity index (χ0) is 19.8. The summed E-state index contributed by atoms with van der Waals surface area (Å²) < 4.78 is 60.5. The molecule has 0 spiro atoms. The Kier molecular flexibility index (Phi) is 4.97. The van der Waals surface area contributed by atoms with Gasteiger partial charge < -0.3 is 9.47 Å². The molecule has 0 radical (unpaired) electrons. The van der Waals surface area contributed by atoms with E-state index in [4.69, 9.17) is 11.6 Å². The molecule has 0 N–H and O–H groups in total. The third kappa shape index (κ3) is 4.13. The van der Waals surface area contributed by atoms with Gasteiger partial charge >= 0.3 is 12.3 Å². The molecule has 1 aromatic heterocycles. The number of aromatic nitrogens is 2. The van der Waals surface area contributed by atoms with Crippen LogP contribution in [-0.2, 0) is 11.3 Å². The summed E-state index contributed by atoms with van der Waals surface area (Å²) in [5.74, 6) is -1.77. The molecule has 0 saturated carbocycles. The van der Waals surface area contributed by atoms with E-state index >= 15 is 0 Å². The Morgan fingerprint density at radius 3 is 2.59 bits per heavy atom. The first-order valence-electron chi connectivity index (χ1n) is 7.46. The number of esters is 1. The number of benzene rings is 2. The van der Waals surface area contributed by atoms with Gasteiger partial charge in [0.1, 0.15) is 11.6 Å². The number of hydrogen-bond acceptors (Lipinski definition) is 4. The molecule has 1 heterocycles. The highest BCUT2D eigenvalue weighted by atomic mass is 35.5. The summed E-state index contributed by atoms with van der Waals surface area (Å²) in [6, 6.07) is 7.14. The van der Waals surface area contributed by atoms with Crippen LogP contribution >= 0.6 is 11.6 Å². The highest BCUT2D eigenvalue weighted by Gasteiger charge is 2.31. The summed E-state index contributed by atoms with van der Waals surface area (Å²) in [4.78, 5) is 11.9. The van der Waals surface area contributed by atoms with Crippen molar-refractivity contribution in [1.29, 1.82) is 0 Å². The van der Waals surface area contributed by atoms with Crippen LogP contribution in [0.2, 0.25) is 5.02 Å². The van der Waals surface area contributed by atoms with Gasteiger partial charge in [0, 0.05) is 16.5 Å². The Labute approximate surface area is 155 Å². The van der Waals surface area contributed by atoms with Gasteiger partial charge in [0.15, 0.2) is 5.69 Å². The number of alkyl halides is 3. The van der Waals surface area contributed by atoms with Crippen LogP contribution in [0, 0.1) is 5.82 Å². The lowest BCUT2D eigenvalue weighted by atomic mass is 10.2. The molecule has 0 amide bonds. The maximum atomic E-state index is 13.2. The van der Waals surface area contributed by atoms with E-state index in [0.717, 1.165) is 25.3 Å². The molecule has 5 nitrogen and oxygen atoms in total. The molecule has 0 aliphatic heterocycles. The van der Waals surface area contributed by atoms with Crippen LogP contribution in [0.25, 0.3) is 10.9 Å². The molecule has 0 atom stereocenters. The maximum absolute atomic E-state index is 13.2. The number of rotatable bonds is 4. The molecule has 0 unspecified atom stereocenters. The van der Waals surface area contributed by atoms with Gasteiger partial charge in [0.25, 0.3) is 0 Å². The molecule has 2 aromatic carbocycles. The summed E-state index contributed by atoms with van der Waals surface area (Å²) >= 11 is 6.00. The number of nitrogens with zero attached hydrogens (tertiary/aromatic N) is 2. The third-order valence-corrected chi connectivity index (χ3v) is 4.02. The van der Waals surface area contributed by atoms with Crippen LogP contribution < -0.4 is 4.74 Å². The standard InChI is InChI=1S/C17H11ClF4N2O3/c1-26-16(25)15-12-5-4-11(27-17(20,21)22)7-14(12)24(23-15)8-9-2-3-10(19)6-13(9)18/h2-7H,8H2,1H3. The summed E-state index contributed by atoms with van der Waals surface area (Å²) in [6.45, 7) is -0.0118. The van der Waals surface area contributed by atoms with Crippen molar-refractivity contribution >= 4 is 28.5 Å². The molecular formula is C17H11ClF4N2O3. The van der Waals surface area contributed by atoms with E-state index in [0.29, 0.717) is 5.56 Å². The summed E-state index contributed by atoms with van der Waals surface area (Å²) in [6.07, 6.45) is -4.87. The number of ether oxygens (including phenoxy) is 2. The second-order valence-corrected chi connectivity index (χ2v) is 5.87. The number of methoxy groups -OCH3 is 1. The highest BCUT2D eigenvalue weighted by molar-refractivity contribution is 6.31. The van der Waals surface area contributed by atoms with Crippen molar-refractivity contribution in [1.82, 2.24) is 9.78 Å². The molecular weight excluding hydrogens is 392 g/mol. The Morgan fingerprint density at radius 1 is 1.22 bits per heavy atom. The van der Waals surface area contributed by atoms with Gasteiger partial charge in [0.05, 0.1) is 19.2 Å². The minimum absolute atomic E-state index is 0.0118. The molecule has 0 fully saturated rings. The lowest BCUT2D eigenvalue weighted by Gasteiger charge is -2.10. The van der Waals surface area contributed by atoms with E-state index < -0.39 is 23.9 Å². The van der Waals surface area contributed by atoms with Crippen LogP contribution in [0.4, 0.5) is 17.6 Å². The highest BCUT2D eigenvalue weighted by Crippen LogP contribution is 2.29. The van der Waals surface area contributed by atoms with Gasteiger partial charge in [0.2, 0.25) is 0 Å². The minimum atomic E-state index is -4.87. The van der Waals surface area contributed by atoms with Crippen molar-refractivity contribution in [2.45, 2.75) is 12.9 Å². The van der Waals surface area contributed by atoms with Crippen LogP contribution in [0.15, 0.2) is 36.4 Å². The zero-order valence-corrected chi connectivity index (χ0v) is 14.4. The minimum Gasteiger partial charge on any atom is -0.464 e. The fourth-order valence-corrected chi connectivity index (χ4v) is 2.76. The number of hydrogen-bond donors (Lipinski definition) is 0. The summed E-state index contributed by atoms with van der Waals surface area (Å²) in [7, 11) is 1.16. The fraction of sp³-hybridized carbons (Fsp3) is 0.176. The molecule has 0 aliphatic carbocycles. The van der Waals surface area contributed by atoms with E-state index in [1.165, 1.54) is 22.9 Å². The Bertz CT molecular complexity index is 1020. The van der Waals surface area contributed by atoms with E-state index in [1.807, 2.05) is 0 Å². The van der Waals surface area contributed by atoms with E-state index in [1.54, 1.807) is 0 Å². The first-order valence-corrected chi connectivity index (χ1v) is 7.84. The summed E-state index contributed by atoms with van der Waals surface area (Å²) in [5, 5.41) is 4.49. The fourth-order valence-electron chi connectivity index (χ4n) is 2.53. The average Bonchev–Trinajstić information content (AvgIpc) is 2.93. The van der Waals surface area contributed by atoms with Crippen molar-refractivity contribution < 1.29 is 31.8 Å². The number of halogens is 5. The van der Waals surface area contributed by atoms with E-state index in [2.05, 4.69) is 14.6 Å². The second-order valence-electron chi connectivity index (χ2n) is 5.46. The number of carbonyl (C=O) groups excluding carboxylic acids is 1. The van der Waals surface area contributed by atoms with Crippen LogP contribution in [-0.4, -0.2) is 29.2 Å².